The first-order chi connectivity index (χ1) is 10.1. The summed E-state index contributed by atoms with van der Waals surface area (Å²) in [5, 5.41) is 1.59. The molecule has 1 nitrogen and oxygen atoms in total. The van der Waals surface area contributed by atoms with E-state index in [1.165, 1.54) is 27.9 Å². The summed E-state index contributed by atoms with van der Waals surface area (Å²) in [5.41, 5.74) is 6.87. The molecule has 0 fully saturated rings. The maximum atomic E-state index is 2.46. The first kappa shape index (κ1) is 16.9. The van der Waals surface area contributed by atoms with Crippen LogP contribution in [0.1, 0.15) is 36.5 Å². The van der Waals surface area contributed by atoms with E-state index in [0.717, 1.165) is 0 Å². The molecular weight excluding hydrogens is 282 g/mol. The van der Waals surface area contributed by atoms with Gasteiger partial charge >= 0.3 is 0 Å². The van der Waals surface area contributed by atoms with E-state index in [0.29, 0.717) is 5.92 Å². The lowest BCUT2D eigenvalue weighted by molar-refractivity contribution is -0.660. The summed E-state index contributed by atoms with van der Waals surface area (Å²) in [4.78, 5) is 0. The van der Waals surface area contributed by atoms with Crippen LogP contribution in [-0.2, 0) is 7.05 Å². The van der Waals surface area contributed by atoms with Crippen molar-refractivity contribution in [2.75, 3.05) is 0 Å². The number of hydrogen-bond donors (Lipinski definition) is 0. The van der Waals surface area contributed by atoms with E-state index in [1.54, 1.807) is 5.19 Å². The summed E-state index contributed by atoms with van der Waals surface area (Å²) >= 11 is 0. The van der Waals surface area contributed by atoms with Gasteiger partial charge in [0.1, 0.15) is 7.05 Å². The van der Waals surface area contributed by atoms with E-state index in [2.05, 4.69) is 89.4 Å². The molecule has 0 amide bonds. The summed E-state index contributed by atoms with van der Waals surface area (Å²) in [6.07, 6.45) is 2.36. The number of aryl methyl sites for hydroxylation is 3. The van der Waals surface area contributed by atoms with Gasteiger partial charge in [-0.2, -0.15) is 0 Å². The summed E-state index contributed by atoms with van der Waals surface area (Å²) in [6, 6.07) is 9.20. The molecule has 0 aliphatic rings. The molecule has 1 aromatic carbocycles. The topological polar surface area (TPSA) is 3.88 Å². The monoisotopic (exact) mass is 312 g/mol. The van der Waals surface area contributed by atoms with Gasteiger partial charge in [-0.25, -0.2) is 4.57 Å². The maximum Gasteiger partial charge on any atom is 0.212 e. The molecule has 2 aromatic rings. The minimum Gasteiger partial charge on any atom is -0.201 e. The largest absolute Gasteiger partial charge is 0.212 e. The van der Waals surface area contributed by atoms with E-state index < -0.39 is 8.07 Å². The van der Waals surface area contributed by atoms with Crippen molar-refractivity contribution in [2.24, 2.45) is 7.05 Å². The van der Waals surface area contributed by atoms with Crippen molar-refractivity contribution in [1.29, 1.82) is 0 Å². The molecule has 0 radical (unpaired) electrons. The molecule has 1 aromatic heterocycles. The molecular formula is C20H30NSi+. The predicted molar refractivity (Wildman–Crippen MR) is 99.6 cm³/mol. The highest BCUT2D eigenvalue weighted by Gasteiger charge is 2.27. The minimum atomic E-state index is -1.37. The number of rotatable bonds is 3. The number of pyridine rings is 1. The highest BCUT2D eigenvalue weighted by Crippen LogP contribution is 2.24. The van der Waals surface area contributed by atoms with Gasteiger partial charge in [0.25, 0.3) is 0 Å². The Balaban J connectivity index is 2.75. The van der Waals surface area contributed by atoms with Crippen molar-refractivity contribution in [1.82, 2.24) is 0 Å². The molecule has 2 heteroatoms. The predicted octanol–water partition coefficient (Wildman–Crippen LogP) is 4.46. The van der Waals surface area contributed by atoms with Crippen LogP contribution in [-0.4, -0.2) is 8.07 Å². The zero-order valence-electron chi connectivity index (χ0n) is 15.4. The average molecular weight is 313 g/mol. The lowest BCUT2D eigenvalue weighted by atomic mass is 9.99. The van der Waals surface area contributed by atoms with Gasteiger partial charge in [0, 0.05) is 17.2 Å². The van der Waals surface area contributed by atoms with Gasteiger partial charge < -0.3 is 0 Å². The van der Waals surface area contributed by atoms with Gasteiger partial charge in [0.2, 0.25) is 5.69 Å². The van der Waals surface area contributed by atoms with Crippen molar-refractivity contribution in [2.45, 2.75) is 53.3 Å². The molecule has 0 atom stereocenters. The highest BCUT2D eigenvalue weighted by molar-refractivity contribution is 6.89. The molecule has 0 N–H and O–H groups in total. The normalized spacial score (nSPS) is 12.0. The first-order valence-electron chi connectivity index (χ1n) is 8.23. The second-order valence-corrected chi connectivity index (χ2v) is 12.9. The zero-order valence-corrected chi connectivity index (χ0v) is 16.4. The average Bonchev–Trinajstić information content (AvgIpc) is 2.40. The second-order valence-electron chi connectivity index (χ2n) is 7.86. The van der Waals surface area contributed by atoms with E-state index in [4.69, 9.17) is 0 Å². The molecule has 118 valence electrons. The van der Waals surface area contributed by atoms with Crippen molar-refractivity contribution < 1.29 is 4.57 Å². The Morgan fingerprint density at radius 1 is 1.00 bits per heavy atom. The fourth-order valence-corrected chi connectivity index (χ4v) is 4.85. The quantitative estimate of drug-likeness (QED) is 0.582. The second kappa shape index (κ2) is 6.00. The molecule has 0 saturated heterocycles. The fraction of sp³-hybridized carbons (Fsp3) is 0.450. The van der Waals surface area contributed by atoms with Crippen LogP contribution in [0.25, 0.3) is 11.3 Å². The van der Waals surface area contributed by atoms with Gasteiger partial charge in [-0.15, -0.1) is 0 Å². The Bertz CT molecular complexity index is 694. The minimum absolute atomic E-state index is 0.570. The number of aromatic nitrogens is 1. The number of hydrogen-bond acceptors (Lipinski definition) is 0. The molecule has 1 heterocycles. The summed E-state index contributed by atoms with van der Waals surface area (Å²) in [6.45, 7) is 16.3. The summed E-state index contributed by atoms with van der Waals surface area (Å²) < 4.78 is 2.31. The highest BCUT2D eigenvalue weighted by atomic mass is 28.3. The van der Waals surface area contributed by atoms with Crippen LogP contribution in [0.3, 0.4) is 0 Å². The van der Waals surface area contributed by atoms with Crippen LogP contribution in [0.15, 0.2) is 30.5 Å². The van der Waals surface area contributed by atoms with Crippen LogP contribution in [0.5, 0.6) is 0 Å². The third-order valence-corrected chi connectivity index (χ3v) is 6.45. The number of nitrogens with zero attached hydrogens (tertiary/aromatic N) is 1. The molecule has 0 aliphatic heterocycles. The van der Waals surface area contributed by atoms with Crippen LogP contribution in [0.2, 0.25) is 19.6 Å². The molecule has 0 unspecified atom stereocenters. The Morgan fingerprint density at radius 2 is 1.64 bits per heavy atom. The van der Waals surface area contributed by atoms with Gasteiger partial charge in [0.15, 0.2) is 6.20 Å². The lowest BCUT2D eigenvalue weighted by Gasteiger charge is -2.23. The Morgan fingerprint density at radius 3 is 2.18 bits per heavy atom. The summed E-state index contributed by atoms with van der Waals surface area (Å²) in [5.74, 6) is 0.570. The van der Waals surface area contributed by atoms with E-state index in [9.17, 15) is 0 Å². The molecule has 0 aliphatic carbocycles. The number of benzene rings is 1. The molecule has 0 spiro atoms. The summed E-state index contributed by atoms with van der Waals surface area (Å²) in [7, 11) is 0.805. The van der Waals surface area contributed by atoms with Crippen molar-refractivity contribution in [3.63, 3.8) is 0 Å². The van der Waals surface area contributed by atoms with Crippen molar-refractivity contribution in [3.8, 4) is 11.3 Å². The fourth-order valence-electron chi connectivity index (χ4n) is 3.06. The molecule has 0 bridgehead atoms. The Labute approximate surface area is 137 Å². The van der Waals surface area contributed by atoms with Crippen LogP contribution in [0.4, 0.5) is 0 Å². The van der Waals surface area contributed by atoms with Gasteiger partial charge in [0.05, 0.1) is 8.07 Å². The van der Waals surface area contributed by atoms with Crippen LogP contribution in [0, 0.1) is 13.8 Å². The maximum absolute atomic E-state index is 2.46. The standard InChI is InChI=1S/C20H30NSi/c1-14(2)18-13-21(5)19(12-20(18)22(6,7)8)17-11-15(3)9-10-16(17)4/h9-14H,1-8H3/q+1. The van der Waals surface area contributed by atoms with E-state index in [1.807, 2.05) is 0 Å². The SMILES string of the molecule is Cc1ccc(C)c(-c2cc([Si](C)(C)C)c(C(C)C)c[n+]2C)c1. The van der Waals surface area contributed by atoms with Gasteiger partial charge in [-0.05, 0) is 36.6 Å². The van der Waals surface area contributed by atoms with Crippen LogP contribution >= 0.6 is 0 Å². The van der Waals surface area contributed by atoms with E-state index >= 15 is 0 Å². The third-order valence-electron chi connectivity index (χ3n) is 4.40. The molecule has 0 saturated carbocycles. The third kappa shape index (κ3) is 3.32. The van der Waals surface area contributed by atoms with Crippen molar-refractivity contribution >= 4 is 13.3 Å². The van der Waals surface area contributed by atoms with Crippen LogP contribution < -0.4 is 9.75 Å². The Kier molecular flexibility index (Phi) is 4.62. The van der Waals surface area contributed by atoms with Gasteiger partial charge in [-0.1, -0.05) is 51.2 Å². The first-order valence-corrected chi connectivity index (χ1v) is 11.7. The smallest absolute Gasteiger partial charge is 0.201 e. The van der Waals surface area contributed by atoms with Gasteiger partial charge in [-0.3, -0.25) is 0 Å². The molecule has 2 rings (SSSR count). The Hall–Kier alpha value is -1.41. The molecule has 22 heavy (non-hydrogen) atoms. The lowest BCUT2D eigenvalue weighted by Crippen LogP contribution is -2.45. The van der Waals surface area contributed by atoms with E-state index in [-0.39, 0.29) is 0 Å². The van der Waals surface area contributed by atoms with Crippen molar-refractivity contribution in [3.05, 3.63) is 47.2 Å². The zero-order chi connectivity index (χ0) is 16.7.